The molecule has 3 nitrogen and oxygen atoms in total. The second-order valence-corrected chi connectivity index (χ2v) is 5.56. The van der Waals surface area contributed by atoms with Gasteiger partial charge in [-0.05, 0) is 36.0 Å². The number of ketones is 1. The molecule has 1 fully saturated rings. The Balaban J connectivity index is 1.58. The lowest BCUT2D eigenvalue weighted by Gasteiger charge is -2.13. The van der Waals surface area contributed by atoms with Crippen molar-refractivity contribution in [3.63, 3.8) is 0 Å². The largest absolute Gasteiger partial charge is 0.493 e. The van der Waals surface area contributed by atoms with Gasteiger partial charge in [0.05, 0.1) is 6.61 Å². The molecule has 1 aromatic carbocycles. The Labute approximate surface area is 113 Å². The topological polar surface area (TPSA) is 35.5 Å². The molecular formula is C16H20O3. The van der Waals surface area contributed by atoms with Crippen LogP contribution in [0, 0.1) is 5.92 Å². The highest BCUT2D eigenvalue weighted by atomic mass is 16.5. The predicted molar refractivity (Wildman–Crippen MR) is 72.5 cm³/mol. The van der Waals surface area contributed by atoms with Crippen LogP contribution in [0.5, 0.6) is 5.75 Å². The molecule has 3 heteroatoms. The van der Waals surface area contributed by atoms with Crippen LogP contribution in [0.3, 0.4) is 0 Å². The van der Waals surface area contributed by atoms with Gasteiger partial charge >= 0.3 is 0 Å². The van der Waals surface area contributed by atoms with Gasteiger partial charge in [-0.15, -0.1) is 0 Å². The Hall–Kier alpha value is -1.35. The predicted octanol–water partition coefficient (Wildman–Crippen LogP) is 2.55. The molecule has 2 aliphatic heterocycles. The van der Waals surface area contributed by atoms with E-state index in [9.17, 15) is 4.79 Å². The SMILES string of the molecule is CC1CCOC1C(=O)CCc1ccc2c(c1)CCO2. The van der Waals surface area contributed by atoms with Gasteiger partial charge in [0.25, 0.3) is 0 Å². The van der Waals surface area contributed by atoms with E-state index in [2.05, 4.69) is 19.1 Å². The normalized spacial score (nSPS) is 25.1. The van der Waals surface area contributed by atoms with Crippen LogP contribution in [-0.2, 0) is 22.4 Å². The lowest BCUT2D eigenvalue weighted by Crippen LogP contribution is -2.25. The maximum absolute atomic E-state index is 12.1. The van der Waals surface area contributed by atoms with Crippen molar-refractivity contribution in [1.29, 1.82) is 0 Å². The molecule has 102 valence electrons. The first-order valence-electron chi connectivity index (χ1n) is 7.13. The van der Waals surface area contributed by atoms with Crippen LogP contribution in [0.4, 0.5) is 0 Å². The number of hydrogen-bond acceptors (Lipinski definition) is 3. The van der Waals surface area contributed by atoms with Crippen LogP contribution in [0.15, 0.2) is 18.2 Å². The van der Waals surface area contributed by atoms with Crippen LogP contribution in [0.1, 0.15) is 30.9 Å². The first-order chi connectivity index (χ1) is 9.24. The fourth-order valence-electron chi connectivity index (χ4n) is 2.91. The van der Waals surface area contributed by atoms with Gasteiger partial charge in [0.1, 0.15) is 11.9 Å². The van der Waals surface area contributed by atoms with E-state index < -0.39 is 0 Å². The quantitative estimate of drug-likeness (QED) is 0.834. The Morgan fingerprint density at radius 2 is 2.26 bits per heavy atom. The van der Waals surface area contributed by atoms with Crippen molar-refractivity contribution in [3.8, 4) is 5.75 Å². The maximum Gasteiger partial charge on any atom is 0.162 e. The van der Waals surface area contributed by atoms with Crippen LogP contribution in [0.2, 0.25) is 0 Å². The Morgan fingerprint density at radius 1 is 1.37 bits per heavy atom. The molecule has 0 saturated carbocycles. The minimum Gasteiger partial charge on any atom is -0.493 e. The monoisotopic (exact) mass is 260 g/mol. The highest BCUT2D eigenvalue weighted by molar-refractivity contribution is 5.83. The average molecular weight is 260 g/mol. The smallest absolute Gasteiger partial charge is 0.162 e. The summed E-state index contributed by atoms with van der Waals surface area (Å²) in [6, 6.07) is 6.27. The van der Waals surface area contributed by atoms with Crippen LogP contribution in [-0.4, -0.2) is 25.1 Å². The molecule has 0 radical (unpaired) electrons. The van der Waals surface area contributed by atoms with Crippen LogP contribution < -0.4 is 4.74 Å². The Morgan fingerprint density at radius 3 is 3.05 bits per heavy atom. The number of rotatable bonds is 4. The number of fused-ring (bicyclic) bond motifs is 1. The van der Waals surface area contributed by atoms with Crippen molar-refractivity contribution in [2.45, 2.75) is 38.7 Å². The molecule has 2 aliphatic rings. The zero-order valence-electron chi connectivity index (χ0n) is 11.4. The van der Waals surface area contributed by atoms with E-state index in [1.54, 1.807) is 0 Å². The maximum atomic E-state index is 12.1. The zero-order chi connectivity index (χ0) is 13.2. The summed E-state index contributed by atoms with van der Waals surface area (Å²) in [7, 11) is 0. The minimum absolute atomic E-state index is 0.169. The lowest BCUT2D eigenvalue weighted by molar-refractivity contribution is -0.129. The molecule has 1 aromatic rings. The van der Waals surface area contributed by atoms with Gasteiger partial charge in [-0.25, -0.2) is 0 Å². The molecule has 3 rings (SSSR count). The molecule has 2 heterocycles. The van der Waals surface area contributed by atoms with Gasteiger partial charge in [0, 0.05) is 19.4 Å². The van der Waals surface area contributed by atoms with E-state index in [4.69, 9.17) is 9.47 Å². The molecule has 0 aromatic heterocycles. The van der Waals surface area contributed by atoms with Crippen molar-refractivity contribution < 1.29 is 14.3 Å². The second kappa shape index (κ2) is 5.33. The Kier molecular flexibility index (Phi) is 3.56. The molecule has 0 N–H and O–H groups in total. The molecule has 2 atom stereocenters. The van der Waals surface area contributed by atoms with Crippen molar-refractivity contribution in [2.24, 2.45) is 5.92 Å². The minimum atomic E-state index is -0.169. The van der Waals surface area contributed by atoms with Crippen molar-refractivity contribution in [1.82, 2.24) is 0 Å². The summed E-state index contributed by atoms with van der Waals surface area (Å²) < 4.78 is 11.0. The highest BCUT2D eigenvalue weighted by Crippen LogP contribution is 2.27. The van der Waals surface area contributed by atoms with E-state index >= 15 is 0 Å². The summed E-state index contributed by atoms with van der Waals surface area (Å²) in [6.45, 7) is 3.61. The van der Waals surface area contributed by atoms with E-state index in [-0.39, 0.29) is 11.9 Å². The van der Waals surface area contributed by atoms with E-state index in [1.165, 1.54) is 11.1 Å². The summed E-state index contributed by atoms with van der Waals surface area (Å²) in [5.74, 6) is 1.63. The number of ether oxygens (including phenoxy) is 2. The summed E-state index contributed by atoms with van der Waals surface area (Å²) in [5.41, 5.74) is 2.50. The van der Waals surface area contributed by atoms with Crippen LogP contribution in [0.25, 0.3) is 0 Å². The second-order valence-electron chi connectivity index (χ2n) is 5.56. The van der Waals surface area contributed by atoms with Crippen molar-refractivity contribution in [3.05, 3.63) is 29.3 Å². The fraction of sp³-hybridized carbons (Fsp3) is 0.562. The average Bonchev–Trinajstić information content (AvgIpc) is 3.03. The van der Waals surface area contributed by atoms with Crippen molar-refractivity contribution in [2.75, 3.05) is 13.2 Å². The first kappa shape index (κ1) is 12.7. The molecule has 0 spiro atoms. The first-order valence-corrected chi connectivity index (χ1v) is 7.13. The number of hydrogen-bond donors (Lipinski definition) is 0. The highest BCUT2D eigenvalue weighted by Gasteiger charge is 2.30. The lowest BCUT2D eigenvalue weighted by atomic mass is 9.96. The number of benzene rings is 1. The van der Waals surface area contributed by atoms with Gasteiger partial charge in [-0.2, -0.15) is 0 Å². The van der Waals surface area contributed by atoms with Crippen molar-refractivity contribution >= 4 is 5.78 Å². The molecule has 0 bridgehead atoms. The van der Waals surface area contributed by atoms with Gasteiger partial charge in [0.15, 0.2) is 5.78 Å². The molecule has 0 aliphatic carbocycles. The fourth-order valence-corrected chi connectivity index (χ4v) is 2.91. The summed E-state index contributed by atoms with van der Waals surface area (Å²) >= 11 is 0. The summed E-state index contributed by atoms with van der Waals surface area (Å²) in [5, 5.41) is 0. The third-order valence-electron chi connectivity index (χ3n) is 4.12. The van der Waals surface area contributed by atoms with E-state index in [0.717, 1.165) is 38.2 Å². The number of Topliss-reactive ketones (excluding diaryl/α,β-unsaturated/α-hetero) is 1. The third-order valence-corrected chi connectivity index (χ3v) is 4.12. The van der Waals surface area contributed by atoms with E-state index in [0.29, 0.717) is 12.3 Å². The van der Waals surface area contributed by atoms with E-state index in [1.807, 2.05) is 6.07 Å². The number of carbonyl (C=O) groups excluding carboxylic acids is 1. The zero-order valence-corrected chi connectivity index (χ0v) is 11.4. The standard InChI is InChI=1S/C16H20O3/c1-11-6-8-19-16(11)14(17)4-2-12-3-5-15-13(10-12)7-9-18-15/h3,5,10-11,16H,2,4,6-9H2,1H3. The number of aryl methyl sites for hydroxylation is 1. The van der Waals surface area contributed by atoms with Gasteiger partial charge in [-0.1, -0.05) is 19.1 Å². The molecule has 0 amide bonds. The number of carbonyl (C=O) groups is 1. The van der Waals surface area contributed by atoms with Gasteiger partial charge in [0.2, 0.25) is 0 Å². The molecule has 19 heavy (non-hydrogen) atoms. The van der Waals surface area contributed by atoms with Gasteiger partial charge in [-0.3, -0.25) is 4.79 Å². The van der Waals surface area contributed by atoms with Crippen LogP contribution >= 0.6 is 0 Å². The third kappa shape index (κ3) is 2.66. The molecular weight excluding hydrogens is 240 g/mol. The Bertz CT molecular complexity index is 481. The summed E-state index contributed by atoms with van der Waals surface area (Å²) in [4.78, 5) is 12.1. The van der Waals surface area contributed by atoms with Gasteiger partial charge < -0.3 is 9.47 Å². The molecule has 1 saturated heterocycles. The summed E-state index contributed by atoms with van der Waals surface area (Å²) in [6.07, 6.45) is 3.21. The molecule has 2 unspecified atom stereocenters.